The lowest BCUT2D eigenvalue weighted by molar-refractivity contribution is -0.122. The second kappa shape index (κ2) is 12.3. The third-order valence-electron chi connectivity index (χ3n) is 9.33. The summed E-state index contributed by atoms with van der Waals surface area (Å²) in [5.74, 6) is -1.19. The highest BCUT2D eigenvalue weighted by Gasteiger charge is 2.49. The Hall–Kier alpha value is -4.17. The molecule has 2 fully saturated rings. The van der Waals surface area contributed by atoms with Gasteiger partial charge in [-0.2, -0.15) is 0 Å². The number of hydrogen-bond acceptors (Lipinski definition) is 6. The number of ether oxygens (including phenoxy) is 1. The van der Waals surface area contributed by atoms with Crippen LogP contribution in [0.5, 0.6) is 0 Å². The van der Waals surface area contributed by atoms with Gasteiger partial charge in [-0.15, -0.1) is 0 Å². The number of hydrogen-bond donors (Lipinski definition) is 0. The van der Waals surface area contributed by atoms with Crippen molar-refractivity contribution in [3.63, 3.8) is 0 Å². The molecule has 3 atom stereocenters. The average molecular weight is 668 g/mol. The topological polar surface area (TPSA) is 93.6 Å². The zero-order valence-electron chi connectivity index (χ0n) is 25.9. The first-order valence-corrected chi connectivity index (χ1v) is 16.2. The van der Waals surface area contributed by atoms with Crippen LogP contribution in [0.1, 0.15) is 70.5 Å². The molecule has 2 heterocycles. The monoisotopic (exact) mass is 666 g/mol. The summed E-state index contributed by atoms with van der Waals surface area (Å²) in [6.07, 6.45) is 3.14. The minimum absolute atomic E-state index is 0.118. The summed E-state index contributed by atoms with van der Waals surface area (Å²) in [6.45, 7) is 7.68. The highest BCUT2D eigenvalue weighted by molar-refractivity contribution is 9.10. The Morgan fingerprint density at radius 1 is 0.933 bits per heavy atom. The van der Waals surface area contributed by atoms with Crippen LogP contribution in [0, 0.1) is 31.6 Å². The van der Waals surface area contributed by atoms with Gasteiger partial charge in [-0.05, 0) is 98.5 Å². The lowest BCUT2D eigenvalue weighted by Gasteiger charge is -2.25. The quantitative estimate of drug-likeness (QED) is 0.113. The number of imide groups is 1. The molecule has 0 N–H and O–H groups in total. The van der Waals surface area contributed by atoms with Gasteiger partial charge >= 0.3 is 5.97 Å². The zero-order chi connectivity index (χ0) is 32.0. The molecule has 2 aliphatic rings. The molecule has 4 aromatic rings. The molecule has 7 nitrogen and oxygen atoms in total. The van der Waals surface area contributed by atoms with Crippen LogP contribution in [-0.4, -0.2) is 35.2 Å². The Morgan fingerprint density at radius 2 is 1.67 bits per heavy atom. The molecule has 1 aromatic heterocycles. The average Bonchev–Trinajstić information content (AvgIpc) is 3.28. The van der Waals surface area contributed by atoms with Crippen LogP contribution < -0.4 is 4.90 Å². The molecule has 2 amide bonds. The number of fused-ring (bicyclic) bond motifs is 2. The number of Topliss-reactive ketones (excluding diaryl/α,β-unsaturated/α-hetero) is 1. The van der Waals surface area contributed by atoms with Crippen molar-refractivity contribution >= 4 is 56.1 Å². The fourth-order valence-electron chi connectivity index (χ4n) is 6.58. The van der Waals surface area contributed by atoms with Crippen molar-refractivity contribution in [1.29, 1.82) is 0 Å². The molecule has 1 aliphatic heterocycles. The van der Waals surface area contributed by atoms with Crippen LogP contribution in [0.15, 0.2) is 65.1 Å². The van der Waals surface area contributed by atoms with Gasteiger partial charge in [-0.25, -0.2) is 9.78 Å². The Labute approximate surface area is 271 Å². The predicted octanol–water partition coefficient (Wildman–Crippen LogP) is 7.81. The Balaban J connectivity index is 1.32. The Bertz CT molecular complexity index is 1870. The number of aryl methyl sites for hydroxylation is 3. The lowest BCUT2D eigenvalue weighted by Crippen LogP contribution is -2.30. The van der Waals surface area contributed by atoms with E-state index >= 15 is 0 Å². The van der Waals surface area contributed by atoms with Crippen molar-refractivity contribution in [2.45, 2.75) is 53.4 Å². The van der Waals surface area contributed by atoms with Crippen LogP contribution in [-0.2, 0) is 20.7 Å². The summed E-state index contributed by atoms with van der Waals surface area (Å²) in [7, 11) is 0. The number of benzene rings is 3. The van der Waals surface area contributed by atoms with Gasteiger partial charge < -0.3 is 4.74 Å². The molecule has 3 unspecified atom stereocenters. The van der Waals surface area contributed by atoms with Crippen LogP contribution >= 0.6 is 15.9 Å². The summed E-state index contributed by atoms with van der Waals surface area (Å²) in [5, 5.41) is 0.621. The predicted molar refractivity (Wildman–Crippen MR) is 177 cm³/mol. The first-order valence-electron chi connectivity index (χ1n) is 15.4. The smallest absolute Gasteiger partial charge is 0.339 e. The van der Waals surface area contributed by atoms with Crippen molar-refractivity contribution in [3.05, 3.63) is 93.0 Å². The number of carbonyl (C=O) groups excluding carboxylic acids is 4. The molecule has 1 saturated carbocycles. The van der Waals surface area contributed by atoms with E-state index in [1.807, 2.05) is 51.1 Å². The van der Waals surface area contributed by atoms with Crippen molar-refractivity contribution in [2.75, 3.05) is 11.5 Å². The SMILES string of the molecule is CCc1cc(Br)cc2c(C(=O)OCC(=O)c3ccc(C)c(C)c3)cc(-c3ccc(N4C(=O)C5CCC(C)CC5C4=O)cc3)nc12. The van der Waals surface area contributed by atoms with Crippen LogP contribution in [0.25, 0.3) is 22.2 Å². The maximum Gasteiger partial charge on any atom is 0.339 e. The number of halogens is 1. The summed E-state index contributed by atoms with van der Waals surface area (Å²) in [4.78, 5) is 59.2. The molecule has 230 valence electrons. The van der Waals surface area contributed by atoms with Crippen molar-refractivity contribution in [1.82, 2.24) is 4.98 Å². The van der Waals surface area contributed by atoms with E-state index in [0.717, 1.165) is 46.0 Å². The number of anilines is 1. The minimum atomic E-state index is -0.622. The van der Waals surface area contributed by atoms with Gasteiger partial charge in [0, 0.05) is 21.0 Å². The standard InChI is InChI=1S/C37H35BrN2O5/c1-5-23-16-26(38)17-29-31(37(44)45-19-33(41)25-8-7-21(3)22(4)15-25)18-32(39-34(23)29)24-9-11-27(12-10-24)40-35(42)28-13-6-20(2)14-30(28)36(40)43/h7-12,15-18,20,28,30H,5-6,13-14,19H2,1-4H3. The first kappa shape index (κ1) is 30.8. The molecular formula is C37H35BrN2O5. The number of carbonyl (C=O) groups is 4. The highest BCUT2D eigenvalue weighted by Crippen LogP contribution is 2.42. The first-order chi connectivity index (χ1) is 21.5. The summed E-state index contributed by atoms with van der Waals surface area (Å²) >= 11 is 3.56. The number of nitrogens with zero attached hydrogens (tertiary/aromatic N) is 2. The van der Waals surface area contributed by atoms with E-state index < -0.39 is 5.97 Å². The maximum absolute atomic E-state index is 13.6. The van der Waals surface area contributed by atoms with Gasteiger partial charge in [0.05, 0.1) is 34.3 Å². The Morgan fingerprint density at radius 3 is 2.38 bits per heavy atom. The van der Waals surface area contributed by atoms with E-state index in [0.29, 0.717) is 45.7 Å². The number of ketones is 1. The fourth-order valence-corrected chi connectivity index (χ4v) is 7.08. The summed E-state index contributed by atoms with van der Waals surface area (Å²) in [6, 6.07) is 18.1. The Kier molecular flexibility index (Phi) is 8.44. The van der Waals surface area contributed by atoms with Gasteiger partial charge in [0.15, 0.2) is 12.4 Å². The second-order valence-corrected chi connectivity index (χ2v) is 13.3. The molecule has 1 saturated heterocycles. The van der Waals surface area contributed by atoms with Gasteiger partial charge in [0.1, 0.15) is 0 Å². The van der Waals surface area contributed by atoms with E-state index in [2.05, 4.69) is 22.9 Å². The van der Waals surface area contributed by atoms with Crippen molar-refractivity contribution in [2.24, 2.45) is 17.8 Å². The number of amides is 2. The molecule has 6 rings (SSSR count). The zero-order valence-corrected chi connectivity index (χ0v) is 27.4. The van der Waals surface area contributed by atoms with Gasteiger partial charge in [-0.1, -0.05) is 54.0 Å². The van der Waals surface area contributed by atoms with Gasteiger partial charge in [-0.3, -0.25) is 19.3 Å². The van der Waals surface area contributed by atoms with Crippen LogP contribution in [0.2, 0.25) is 0 Å². The van der Waals surface area contributed by atoms with E-state index in [-0.39, 0.29) is 36.0 Å². The number of pyridine rings is 1. The molecule has 0 bridgehead atoms. The number of rotatable bonds is 7. The molecule has 0 radical (unpaired) electrons. The molecule has 8 heteroatoms. The highest BCUT2D eigenvalue weighted by atomic mass is 79.9. The van der Waals surface area contributed by atoms with Crippen LogP contribution in [0.4, 0.5) is 5.69 Å². The third-order valence-corrected chi connectivity index (χ3v) is 9.79. The molecule has 1 aliphatic carbocycles. The third kappa shape index (κ3) is 5.84. The number of aromatic nitrogens is 1. The van der Waals surface area contributed by atoms with E-state index in [4.69, 9.17) is 9.72 Å². The maximum atomic E-state index is 13.6. The second-order valence-electron chi connectivity index (χ2n) is 12.4. The van der Waals surface area contributed by atoms with Gasteiger partial charge in [0.25, 0.3) is 0 Å². The minimum Gasteiger partial charge on any atom is -0.454 e. The van der Waals surface area contributed by atoms with Crippen molar-refractivity contribution < 1.29 is 23.9 Å². The molecular weight excluding hydrogens is 632 g/mol. The van der Waals surface area contributed by atoms with Crippen molar-refractivity contribution in [3.8, 4) is 11.3 Å². The molecule has 3 aromatic carbocycles. The normalized spacial score (nSPS) is 19.6. The molecule has 45 heavy (non-hydrogen) atoms. The largest absolute Gasteiger partial charge is 0.454 e. The summed E-state index contributed by atoms with van der Waals surface area (Å²) < 4.78 is 6.38. The summed E-state index contributed by atoms with van der Waals surface area (Å²) in [5.41, 5.74) is 6.27. The molecule has 0 spiro atoms. The van der Waals surface area contributed by atoms with E-state index in [1.54, 1.807) is 30.3 Å². The van der Waals surface area contributed by atoms with Gasteiger partial charge in [0.2, 0.25) is 11.8 Å². The number of esters is 1. The van der Waals surface area contributed by atoms with E-state index in [1.165, 1.54) is 4.90 Å². The van der Waals surface area contributed by atoms with E-state index in [9.17, 15) is 19.2 Å². The fraction of sp³-hybridized carbons (Fsp3) is 0.324. The lowest BCUT2D eigenvalue weighted by atomic mass is 9.76. The van der Waals surface area contributed by atoms with Crippen LogP contribution in [0.3, 0.4) is 0 Å².